The van der Waals surface area contributed by atoms with Gasteiger partial charge in [0.15, 0.2) is 0 Å². The summed E-state index contributed by atoms with van der Waals surface area (Å²) >= 11 is 0. The number of rotatable bonds is 3. The summed E-state index contributed by atoms with van der Waals surface area (Å²) in [5.41, 5.74) is 0.935. The number of benzene rings is 1. The minimum Gasteiger partial charge on any atom is -0.478 e. The van der Waals surface area contributed by atoms with E-state index in [1.165, 1.54) is 0 Å². The molecule has 2 aliphatic heterocycles. The minimum absolute atomic E-state index is 0.245. The second-order valence-electron chi connectivity index (χ2n) is 6.53. The van der Waals surface area contributed by atoms with Crippen LogP contribution in [0.2, 0.25) is 0 Å². The van der Waals surface area contributed by atoms with Gasteiger partial charge in [0, 0.05) is 26.7 Å². The van der Waals surface area contributed by atoms with E-state index in [1.807, 2.05) is 24.1 Å². The van der Waals surface area contributed by atoms with Crippen molar-refractivity contribution >= 4 is 11.9 Å². The van der Waals surface area contributed by atoms with Crippen LogP contribution < -0.4 is 0 Å². The number of piperidine rings is 1. The molecule has 2 aliphatic rings. The van der Waals surface area contributed by atoms with Gasteiger partial charge in [0.2, 0.25) is 5.91 Å². The van der Waals surface area contributed by atoms with Crippen LogP contribution in [0.25, 0.3) is 0 Å². The summed E-state index contributed by atoms with van der Waals surface area (Å²) in [7, 11) is 1.88. The molecule has 2 saturated heterocycles. The number of carbonyl (C=O) groups is 2. The molecule has 0 bridgehead atoms. The lowest BCUT2D eigenvalue weighted by atomic mass is 9.78. The van der Waals surface area contributed by atoms with E-state index in [0.717, 1.165) is 44.5 Å². The Morgan fingerprint density at radius 1 is 1.27 bits per heavy atom. The lowest BCUT2D eigenvalue weighted by Gasteiger charge is -2.37. The largest absolute Gasteiger partial charge is 0.478 e. The van der Waals surface area contributed by atoms with Crippen LogP contribution >= 0.6 is 0 Å². The van der Waals surface area contributed by atoms with Crippen LogP contribution in [-0.2, 0) is 11.3 Å². The molecule has 2 heterocycles. The van der Waals surface area contributed by atoms with Gasteiger partial charge in [-0.3, -0.25) is 9.69 Å². The Labute approximate surface area is 130 Å². The van der Waals surface area contributed by atoms with Crippen LogP contribution in [0.5, 0.6) is 0 Å². The van der Waals surface area contributed by atoms with Gasteiger partial charge in [-0.15, -0.1) is 0 Å². The van der Waals surface area contributed by atoms with Crippen LogP contribution in [-0.4, -0.2) is 53.5 Å². The van der Waals surface area contributed by atoms with Crippen molar-refractivity contribution in [1.29, 1.82) is 0 Å². The average molecular weight is 302 g/mol. The number of carbonyl (C=O) groups excluding carboxylic acids is 1. The molecule has 1 N–H and O–H groups in total. The molecule has 0 radical (unpaired) electrons. The fraction of sp³-hybridized carbons (Fsp3) is 0.529. The SMILES string of the molecule is CN1CCC[C@]2(CCN(Cc3ccccc3C(=O)O)C2)C1=O. The molecule has 0 aromatic heterocycles. The smallest absolute Gasteiger partial charge is 0.336 e. The van der Waals surface area contributed by atoms with Gasteiger partial charge >= 0.3 is 5.97 Å². The highest BCUT2D eigenvalue weighted by Crippen LogP contribution is 2.40. The number of carboxylic acid groups (broad SMARTS) is 1. The number of aromatic carboxylic acids is 1. The molecule has 1 aromatic rings. The first kappa shape index (κ1) is 15.0. The van der Waals surface area contributed by atoms with E-state index < -0.39 is 5.97 Å². The molecule has 5 heteroatoms. The molecule has 0 aliphatic carbocycles. The van der Waals surface area contributed by atoms with Crippen molar-refractivity contribution in [2.24, 2.45) is 5.41 Å². The number of nitrogens with zero attached hydrogens (tertiary/aromatic N) is 2. The quantitative estimate of drug-likeness (QED) is 0.925. The van der Waals surface area contributed by atoms with E-state index >= 15 is 0 Å². The maximum absolute atomic E-state index is 12.5. The third-order valence-corrected chi connectivity index (χ3v) is 5.02. The first-order valence-electron chi connectivity index (χ1n) is 7.81. The van der Waals surface area contributed by atoms with E-state index in [0.29, 0.717) is 12.1 Å². The van der Waals surface area contributed by atoms with Crippen LogP contribution in [0.1, 0.15) is 35.2 Å². The van der Waals surface area contributed by atoms with Gasteiger partial charge in [-0.05, 0) is 37.4 Å². The van der Waals surface area contributed by atoms with Crippen molar-refractivity contribution < 1.29 is 14.7 Å². The molecule has 118 valence electrons. The van der Waals surface area contributed by atoms with Crippen molar-refractivity contribution in [2.45, 2.75) is 25.8 Å². The highest BCUT2D eigenvalue weighted by atomic mass is 16.4. The second-order valence-corrected chi connectivity index (χ2v) is 6.53. The molecule has 0 unspecified atom stereocenters. The van der Waals surface area contributed by atoms with E-state index in [2.05, 4.69) is 4.90 Å². The Bertz CT molecular complexity index is 601. The molecule has 0 saturated carbocycles. The predicted octanol–water partition coefficient (Wildman–Crippen LogP) is 1.83. The Balaban J connectivity index is 1.74. The average Bonchev–Trinajstić information content (AvgIpc) is 2.89. The second kappa shape index (κ2) is 5.72. The van der Waals surface area contributed by atoms with Gasteiger partial charge in [0.1, 0.15) is 0 Å². The summed E-state index contributed by atoms with van der Waals surface area (Å²) in [5, 5.41) is 9.28. The molecule has 1 atom stereocenters. The van der Waals surface area contributed by atoms with E-state index in [-0.39, 0.29) is 11.3 Å². The van der Waals surface area contributed by atoms with E-state index in [4.69, 9.17) is 0 Å². The Hall–Kier alpha value is -1.88. The highest BCUT2D eigenvalue weighted by Gasteiger charge is 2.47. The van der Waals surface area contributed by atoms with Crippen molar-refractivity contribution in [3.8, 4) is 0 Å². The van der Waals surface area contributed by atoms with Gasteiger partial charge in [0.25, 0.3) is 0 Å². The Morgan fingerprint density at radius 3 is 2.82 bits per heavy atom. The maximum atomic E-state index is 12.5. The summed E-state index contributed by atoms with van der Waals surface area (Å²) < 4.78 is 0. The first-order valence-corrected chi connectivity index (χ1v) is 7.81. The molecule has 1 spiro atoms. The van der Waals surface area contributed by atoms with Crippen LogP contribution in [0.15, 0.2) is 24.3 Å². The Morgan fingerprint density at radius 2 is 2.05 bits per heavy atom. The van der Waals surface area contributed by atoms with E-state index in [9.17, 15) is 14.7 Å². The summed E-state index contributed by atoms with van der Waals surface area (Å²) in [6.45, 7) is 3.04. The topological polar surface area (TPSA) is 60.9 Å². The number of hydrogen-bond donors (Lipinski definition) is 1. The van der Waals surface area contributed by atoms with Crippen molar-refractivity contribution in [3.05, 3.63) is 35.4 Å². The van der Waals surface area contributed by atoms with Crippen LogP contribution in [0.3, 0.4) is 0 Å². The minimum atomic E-state index is -0.891. The van der Waals surface area contributed by atoms with Gasteiger partial charge in [-0.2, -0.15) is 0 Å². The zero-order valence-corrected chi connectivity index (χ0v) is 12.9. The number of carboxylic acids is 1. The number of likely N-dealkylation sites (tertiary alicyclic amines) is 2. The third-order valence-electron chi connectivity index (χ3n) is 5.02. The molecule has 22 heavy (non-hydrogen) atoms. The van der Waals surface area contributed by atoms with Gasteiger partial charge in [-0.1, -0.05) is 18.2 Å². The maximum Gasteiger partial charge on any atom is 0.336 e. The summed E-state index contributed by atoms with van der Waals surface area (Å²) in [6, 6.07) is 7.12. The predicted molar refractivity (Wildman–Crippen MR) is 82.6 cm³/mol. The molecule has 3 rings (SSSR count). The van der Waals surface area contributed by atoms with E-state index in [1.54, 1.807) is 12.1 Å². The monoisotopic (exact) mass is 302 g/mol. The van der Waals surface area contributed by atoms with Crippen molar-refractivity contribution in [2.75, 3.05) is 26.7 Å². The van der Waals surface area contributed by atoms with Gasteiger partial charge in [0.05, 0.1) is 11.0 Å². The number of hydrogen-bond acceptors (Lipinski definition) is 3. The van der Waals surface area contributed by atoms with Gasteiger partial charge in [-0.25, -0.2) is 4.79 Å². The fourth-order valence-corrected chi connectivity index (χ4v) is 3.85. The first-order chi connectivity index (χ1) is 10.5. The molecule has 1 amide bonds. The van der Waals surface area contributed by atoms with Gasteiger partial charge < -0.3 is 10.0 Å². The fourth-order valence-electron chi connectivity index (χ4n) is 3.85. The Kier molecular flexibility index (Phi) is 3.91. The summed E-state index contributed by atoms with van der Waals surface area (Å²) in [4.78, 5) is 27.9. The van der Waals surface area contributed by atoms with Crippen LogP contribution in [0, 0.1) is 5.41 Å². The standard InChI is InChI=1S/C17H22N2O3/c1-18-9-4-7-17(16(18)22)8-10-19(12-17)11-13-5-2-3-6-14(13)15(20)21/h2-3,5-6H,4,7-12H2,1H3,(H,20,21)/t17-/m1/s1. The summed E-state index contributed by atoms with van der Waals surface area (Å²) in [6.07, 6.45) is 2.89. The number of amides is 1. The zero-order chi connectivity index (χ0) is 15.7. The van der Waals surface area contributed by atoms with Crippen LogP contribution in [0.4, 0.5) is 0 Å². The lowest BCUT2D eigenvalue weighted by Crippen LogP contribution is -2.48. The lowest BCUT2D eigenvalue weighted by molar-refractivity contribution is -0.143. The molecule has 1 aromatic carbocycles. The molecule has 2 fully saturated rings. The third kappa shape index (κ3) is 2.61. The van der Waals surface area contributed by atoms with Crippen molar-refractivity contribution in [1.82, 2.24) is 9.80 Å². The highest BCUT2D eigenvalue weighted by molar-refractivity contribution is 5.89. The van der Waals surface area contributed by atoms with Crippen molar-refractivity contribution in [3.63, 3.8) is 0 Å². The molecular formula is C17H22N2O3. The molecular weight excluding hydrogens is 280 g/mol. The molecule has 5 nitrogen and oxygen atoms in total. The summed E-state index contributed by atoms with van der Waals surface area (Å²) in [5.74, 6) is -0.634. The zero-order valence-electron chi connectivity index (χ0n) is 12.9. The normalized spacial score (nSPS) is 25.9.